The average molecular weight is 843 g/mol. The molecule has 6 N–H and O–H groups in total. The number of carboxylic acid groups (broad SMARTS) is 1. The minimum atomic E-state index is -1.18. The first-order chi connectivity index (χ1) is 27.8. The van der Waals surface area contributed by atoms with Gasteiger partial charge in [-0.2, -0.15) is 0 Å². The van der Waals surface area contributed by atoms with E-state index in [1.54, 1.807) is 31.4 Å². The lowest BCUT2D eigenvalue weighted by Gasteiger charge is -2.40. The Hall–Kier alpha value is -4.24. The fraction of sp³-hybridized carbons (Fsp3) is 0.682. The summed E-state index contributed by atoms with van der Waals surface area (Å²) in [5.41, 5.74) is 5.53. The van der Waals surface area contributed by atoms with Crippen molar-refractivity contribution in [2.45, 2.75) is 156 Å². The van der Waals surface area contributed by atoms with E-state index in [2.05, 4.69) is 27.4 Å². The summed E-state index contributed by atoms with van der Waals surface area (Å²) in [4.78, 5) is 75.7. The van der Waals surface area contributed by atoms with Crippen molar-refractivity contribution in [2.75, 3.05) is 25.9 Å². The third kappa shape index (κ3) is 14.5. The summed E-state index contributed by atoms with van der Waals surface area (Å²) in [5.74, 6) is -2.71. The number of nitrogens with one attached hydrogen (secondary N) is 2. The maximum Gasteiger partial charge on any atom is 0.309 e. The molecule has 0 bridgehead atoms. The van der Waals surface area contributed by atoms with Gasteiger partial charge in [0.05, 0.1) is 17.1 Å². The number of aromatic nitrogens is 1. The van der Waals surface area contributed by atoms with Crippen molar-refractivity contribution in [3.63, 3.8) is 0 Å². The lowest BCUT2D eigenvalue weighted by Crippen LogP contribution is -2.59. The van der Waals surface area contributed by atoms with Crippen LogP contribution in [0, 0.1) is 17.3 Å². The highest BCUT2D eigenvalue weighted by Crippen LogP contribution is 2.33. The number of phenolic OH excluding ortho intramolecular Hbond substituents is 1. The number of phenols is 1. The first kappa shape index (κ1) is 49.1. The molecule has 0 spiro atoms. The van der Waals surface area contributed by atoms with E-state index >= 15 is 0 Å². The van der Waals surface area contributed by atoms with Gasteiger partial charge in [0, 0.05) is 37.4 Å². The lowest BCUT2D eigenvalue weighted by atomic mass is 9.84. The van der Waals surface area contributed by atoms with Crippen molar-refractivity contribution < 1.29 is 38.9 Å². The molecule has 1 aromatic heterocycles. The van der Waals surface area contributed by atoms with E-state index in [9.17, 15) is 34.2 Å². The van der Waals surface area contributed by atoms with Gasteiger partial charge < -0.3 is 36.2 Å². The fourth-order valence-corrected chi connectivity index (χ4v) is 8.56. The molecule has 0 saturated carbocycles. The van der Waals surface area contributed by atoms with E-state index in [0.717, 1.165) is 62.8 Å². The number of benzene rings is 1. The third-order valence-corrected chi connectivity index (χ3v) is 12.5. The average Bonchev–Trinajstić information content (AvgIpc) is 3.67. The van der Waals surface area contributed by atoms with Crippen LogP contribution in [0.2, 0.25) is 0 Å². The Kier molecular flexibility index (Phi) is 19.1. The minimum Gasteiger partial charge on any atom is -0.506 e. The summed E-state index contributed by atoms with van der Waals surface area (Å²) in [6.45, 7) is 15.9. The topological polar surface area (TPSA) is 204 Å². The van der Waals surface area contributed by atoms with E-state index in [1.807, 2.05) is 39.6 Å². The summed E-state index contributed by atoms with van der Waals surface area (Å²) in [6, 6.07) is 2.66. The zero-order valence-corrected chi connectivity index (χ0v) is 37.5. The first-order valence-corrected chi connectivity index (χ1v) is 22.2. The number of likely N-dealkylation sites (N-methyl/N-ethyl adjacent to an activating group) is 1. The van der Waals surface area contributed by atoms with Crippen molar-refractivity contribution in [3.8, 4) is 5.75 Å². The molecule has 1 aromatic carbocycles. The predicted molar refractivity (Wildman–Crippen MR) is 231 cm³/mol. The number of nitrogen functional groups attached to an aromatic ring is 1. The number of aliphatic carboxylic acids is 1. The summed E-state index contributed by atoms with van der Waals surface area (Å²) in [6.07, 6.45) is 6.80. The van der Waals surface area contributed by atoms with Crippen LogP contribution in [0.4, 0.5) is 5.69 Å². The van der Waals surface area contributed by atoms with Crippen molar-refractivity contribution >= 4 is 46.7 Å². The second-order valence-corrected chi connectivity index (χ2v) is 18.2. The molecule has 0 radical (unpaired) electrons. The van der Waals surface area contributed by atoms with E-state index in [1.165, 1.54) is 13.0 Å². The number of nitrogens with two attached hydrogens (primary N) is 1. The van der Waals surface area contributed by atoms with Gasteiger partial charge in [0.2, 0.25) is 11.8 Å². The second kappa shape index (κ2) is 22.9. The molecule has 2 heterocycles. The molecule has 3 rings (SSSR count). The summed E-state index contributed by atoms with van der Waals surface area (Å²) < 4.78 is 5.91. The number of likely N-dealkylation sites (tertiary alicyclic amines) is 1. The molecule has 1 aliphatic heterocycles. The number of carboxylic acids is 1. The Bertz CT molecular complexity index is 1720. The minimum absolute atomic E-state index is 0.0706. The normalized spacial score (nSPS) is 17.4. The predicted octanol–water partition coefficient (Wildman–Crippen LogP) is 6.72. The maximum absolute atomic E-state index is 14.9. The number of piperidine rings is 1. The van der Waals surface area contributed by atoms with Crippen LogP contribution in [0.15, 0.2) is 23.6 Å². The van der Waals surface area contributed by atoms with Crippen LogP contribution >= 0.6 is 11.3 Å². The number of thiazole rings is 1. The summed E-state index contributed by atoms with van der Waals surface area (Å²) >= 11 is 1.16. The zero-order valence-electron chi connectivity index (χ0n) is 36.7. The van der Waals surface area contributed by atoms with Crippen LogP contribution in [0.1, 0.15) is 147 Å². The number of rotatable bonds is 23. The van der Waals surface area contributed by atoms with E-state index in [0.29, 0.717) is 23.5 Å². The number of carbonyl (C=O) groups excluding carboxylic acids is 4. The Balaban J connectivity index is 1.95. The molecule has 6 atom stereocenters. The van der Waals surface area contributed by atoms with Crippen molar-refractivity contribution in [1.82, 2.24) is 25.4 Å². The van der Waals surface area contributed by atoms with Crippen LogP contribution < -0.4 is 16.4 Å². The van der Waals surface area contributed by atoms with Crippen LogP contribution in [-0.2, 0) is 30.3 Å². The molecule has 0 aliphatic carbocycles. The Morgan fingerprint density at radius 3 is 2.39 bits per heavy atom. The fourth-order valence-electron chi connectivity index (χ4n) is 7.72. The number of amides is 3. The van der Waals surface area contributed by atoms with Gasteiger partial charge in [-0.3, -0.25) is 28.9 Å². The van der Waals surface area contributed by atoms with Crippen molar-refractivity contribution in [3.05, 3.63) is 39.8 Å². The number of carbonyl (C=O) groups is 5. The quantitative estimate of drug-likeness (QED) is 0.0344. The van der Waals surface area contributed by atoms with Gasteiger partial charge in [0.1, 0.15) is 22.5 Å². The lowest BCUT2D eigenvalue weighted by molar-refractivity contribution is -0.150. The Morgan fingerprint density at radius 1 is 1.08 bits per heavy atom. The van der Waals surface area contributed by atoms with Gasteiger partial charge in [0.15, 0.2) is 6.10 Å². The van der Waals surface area contributed by atoms with Gasteiger partial charge in [-0.05, 0) is 89.1 Å². The molecule has 59 heavy (non-hydrogen) atoms. The van der Waals surface area contributed by atoms with Crippen LogP contribution in [-0.4, -0.2) is 99.0 Å². The number of nitrogens with zero attached hydrogens (tertiary/aromatic N) is 3. The molecule has 0 unspecified atom stereocenters. The van der Waals surface area contributed by atoms with Gasteiger partial charge in [0.25, 0.3) is 5.91 Å². The van der Waals surface area contributed by atoms with Gasteiger partial charge in [-0.25, -0.2) is 4.98 Å². The SMILES string of the molecule is CCCCCCN(C(=O)[C@@H](NC(=O)[C@H]1CCCCN1C)[C@@H](C)CC)[C@H](C[C@@H](OC(C)=O)c1nc(C(=O)N[C@H](Cc2ccc(N)c(O)c2)CC(C)(C)C(=O)O)cs1)C(C)C. The Morgan fingerprint density at radius 2 is 1.80 bits per heavy atom. The summed E-state index contributed by atoms with van der Waals surface area (Å²) in [5, 5.41) is 28.2. The highest BCUT2D eigenvalue weighted by molar-refractivity contribution is 7.09. The number of hydrogen-bond donors (Lipinski definition) is 5. The molecule has 1 aliphatic rings. The molecular weight excluding hydrogens is 773 g/mol. The number of hydrogen-bond acceptors (Lipinski definition) is 11. The van der Waals surface area contributed by atoms with Crippen LogP contribution in [0.3, 0.4) is 0 Å². The number of esters is 1. The van der Waals surface area contributed by atoms with E-state index < -0.39 is 47.5 Å². The molecule has 3 amide bonds. The Labute approximate surface area is 355 Å². The zero-order chi connectivity index (χ0) is 44.0. The number of unbranched alkanes of at least 4 members (excludes halogenated alkanes) is 3. The molecule has 15 heteroatoms. The van der Waals surface area contributed by atoms with Gasteiger partial charge >= 0.3 is 11.9 Å². The summed E-state index contributed by atoms with van der Waals surface area (Å²) in [7, 11) is 1.95. The van der Waals surface area contributed by atoms with Gasteiger partial charge in [-0.1, -0.05) is 72.8 Å². The highest BCUT2D eigenvalue weighted by Gasteiger charge is 2.39. The third-order valence-electron chi connectivity index (χ3n) is 11.6. The van der Waals surface area contributed by atoms with Crippen LogP contribution in [0.25, 0.3) is 0 Å². The number of anilines is 1. The van der Waals surface area contributed by atoms with Gasteiger partial charge in [-0.15, -0.1) is 11.3 Å². The monoisotopic (exact) mass is 842 g/mol. The molecular formula is C44H70N6O8S. The maximum atomic E-state index is 14.9. The molecule has 14 nitrogen and oxygen atoms in total. The largest absolute Gasteiger partial charge is 0.506 e. The highest BCUT2D eigenvalue weighted by atomic mass is 32.1. The standard InChI is InChI=1S/C44H70N6O8S/c1-10-12-13-15-21-50(42(55)38(28(5)11-2)48-40(54)34-17-14-16-20-49(34)9)35(27(3)4)24-37(58-29(6)51)41-47-33(26-59-41)39(53)46-31(25-44(7,8)43(56)57)22-30-18-19-32(45)36(52)23-30/h18-19,23,26-28,31,34-35,37-38,52H,10-17,20-22,24-25,45H2,1-9H3,(H,46,53)(H,48,54)(H,56,57)/t28-,31+,34+,35+,37+,38-/m0/s1. The molecule has 2 aromatic rings. The molecule has 330 valence electrons. The first-order valence-electron chi connectivity index (χ1n) is 21.3. The number of ether oxygens (including phenoxy) is 1. The molecule has 1 fully saturated rings. The van der Waals surface area contributed by atoms with Crippen LogP contribution in [0.5, 0.6) is 5.75 Å². The van der Waals surface area contributed by atoms with Crippen molar-refractivity contribution in [1.29, 1.82) is 0 Å². The molecule has 1 saturated heterocycles. The van der Waals surface area contributed by atoms with E-state index in [-0.39, 0.29) is 66.1 Å². The number of aromatic hydroxyl groups is 1. The van der Waals surface area contributed by atoms with Crippen molar-refractivity contribution in [2.24, 2.45) is 17.3 Å². The second-order valence-electron chi connectivity index (χ2n) is 17.3. The smallest absolute Gasteiger partial charge is 0.309 e. The van der Waals surface area contributed by atoms with E-state index in [4.69, 9.17) is 10.5 Å².